The van der Waals surface area contributed by atoms with Gasteiger partial charge in [-0.15, -0.1) is 0 Å². The molecule has 20 heavy (non-hydrogen) atoms. The summed E-state index contributed by atoms with van der Waals surface area (Å²) >= 11 is 6.15. The van der Waals surface area contributed by atoms with Crippen LogP contribution in [0, 0.1) is 11.3 Å². The lowest BCUT2D eigenvalue weighted by molar-refractivity contribution is 1.16. The average Bonchev–Trinajstić information content (AvgIpc) is 2.89. The molecule has 4 heteroatoms. The van der Waals surface area contributed by atoms with Crippen LogP contribution >= 0.6 is 11.6 Å². The fraction of sp³-hybridized carbons (Fsp3) is 0.0625. The van der Waals surface area contributed by atoms with Crippen LogP contribution in [0.25, 0.3) is 10.9 Å². The molecule has 3 aromatic rings. The first-order chi connectivity index (χ1) is 9.78. The van der Waals surface area contributed by atoms with Gasteiger partial charge < -0.3 is 10.3 Å². The van der Waals surface area contributed by atoms with Gasteiger partial charge in [0.1, 0.15) is 0 Å². The van der Waals surface area contributed by atoms with Gasteiger partial charge in [0, 0.05) is 23.6 Å². The van der Waals surface area contributed by atoms with Crippen molar-refractivity contribution in [2.45, 2.75) is 6.54 Å². The molecule has 0 aliphatic heterocycles. The number of nitriles is 1. The fourth-order valence-electron chi connectivity index (χ4n) is 2.20. The summed E-state index contributed by atoms with van der Waals surface area (Å²) in [6.07, 6.45) is 2.00. The molecule has 2 N–H and O–H groups in total. The number of rotatable bonds is 3. The zero-order valence-electron chi connectivity index (χ0n) is 10.7. The monoisotopic (exact) mass is 281 g/mol. The fourth-order valence-corrected chi connectivity index (χ4v) is 2.44. The van der Waals surface area contributed by atoms with E-state index in [1.165, 1.54) is 10.9 Å². The largest absolute Gasteiger partial charge is 0.380 e. The molecule has 0 spiro atoms. The molecule has 1 heterocycles. The van der Waals surface area contributed by atoms with Crippen LogP contribution in [-0.2, 0) is 6.54 Å². The second-order valence-corrected chi connectivity index (χ2v) is 4.93. The van der Waals surface area contributed by atoms with Crippen LogP contribution < -0.4 is 5.32 Å². The molecular weight excluding hydrogens is 270 g/mol. The first-order valence-corrected chi connectivity index (χ1v) is 6.64. The van der Waals surface area contributed by atoms with Gasteiger partial charge in [-0.1, -0.05) is 29.8 Å². The zero-order chi connectivity index (χ0) is 13.9. The SMILES string of the molecule is N#Cc1ccc(NCc2c[nH]c3ccccc23)c(Cl)c1. The number of aromatic amines is 1. The van der Waals surface area contributed by atoms with E-state index in [9.17, 15) is 0 Å². The number of H-pyrrole nitrogens is 1. The van der Waals surface area contributed by atoms with Crippen molar-refractivity contribution in [3.8, 4) is 6.07 Å². The van der Waals surface area contributed by atoms with Crippen LogP contribution in [0.3, 0.4) is 0 Å². The molecule has 0 saturated heterocycles. The van der Waals surface area contributed by atoms with Crippen LogP contribution in [0.2, 0.25) is 5.02 Å². The predicted molar refractivity (Wildman–Crippen MR) is 81.8 cm³/mol. The van der Waals surface area contributed by atoms with Gasteiger partial charge in [-0.05, 0) is 29.8 Å². The number of para-hydroxylation sites is 1. The van der Waals surface area contributed by atoms with Crippen molar-refractivity contribution in [3.63, 3.8) is 0 Å². The van der Waals surface area contributed by atoms with Crippen molar-refractivity contribution < 1.29 is 0 Å². The highest BCUT2D eigenvalue weighted by Gasteiger charge is 2.05. The average molecular weight is 282 g/mol. The lowest BCUT2D eigenvalue weighted by Crippen LogP contribution is -1.99. The number of nitrogens with zero attached hydrogens (tertiary/aromatic N) is 1. The molecule has 0 radical (unpaired) electrons. The third-order valence-corrected chi connectivity index (χ3v) is 3.56. The van der Waals surface area contributed by atoms with Crippen molar-refractivity contribution in [2.75, 3.05) is 5.32 Å². The van der Waals surface area contributed by atoms with Crippen LogP contribution in [0.15, 0.2) is 48.7 Å². The van der Waals surface area contributed by atoms with Crippen LogP contribution in [0.4, 0.5) is 5.69 Å². The number of hydrogen-bond acceptors (Lipinski definition) is 2. The van der Waals surface area contributed by atoms with Crippen molar-refractivity contribution in [3.05, 3.63) is 64.8 Å². The summed E-state index contributed by atoms with van der Waals surface area (Å²) in [5.74, 6) is 0. The number of benzene rings is 2. The van der Waals surface area contributed by atoms with E-state index in [-0.39, 0.29) is 0 Å². The minimum Gasteiger partial charge on any atom is -0.380 e. The Morgan fingerprint density at radius 3 is 2.85 bits per heavy atom. The van der Waals surface area contributed by atoms with Crippen LogP contribution in [0.5, 0.6) is 0 Å². The summed E-state index contributed by atoms with van der Waals surface area (Å²) in [4.78, 5) is 3.24. The molecule has 0 atom stereocenters. The van der Waals surface area contributed by atoms with Gasteiger partial charge in [-0.25, -0.2) is 0 Å². The number of nitrogens with one attached hydrogen (secondary N) is 2. The molecule has 2 aromatic carbocycles. The lowest BCUT2D eigenvalue weighted by atomic mass is 10.1. The highest BCUT2D eigenvalue weighted by Crippen LogP contribution is 2.24. The highest BCUT2D eigenvalue weighted by atomic mass is 35.5. The quantitative estimate of drug-likeness (QED) is 0.752. The Morgan fingerprint density at radius 2 is 2.05 bits per heavy atom. The molecule has 0 aliphatic carbocycles. The summed E-state index contributed by atoms with van der Waals surface area (Å²) in [5.41, 5.74) is 3.69. The van der Waals surface area contributed by atoms with Crippen molar-refractivity contribution in [2.24, 2.45) is 0 Å². The summed E-state index contributed by atoms with van der Waals surface area (Å²) in [7, 11) is 0. The van der Waals surface area contributed by atoms with Gasteiger partial charge >= 0.3 is 0 Å². The van der Waals surface area contributed by atoms with E-state index in [4.69, 9.17) is 16.9 Å². The van der Waals surface area contributed by atoms with Crippen LogP contribution in [-0.4, -0.2) is 4.98 Å². The first kappa shape index (κ1) is 12.6. The van der Waals surface area contributed by atoms with E-state index in [0.717, 1.165) is 11.2 Å². The third kappa shape index (κ3) is 2.34. The Kier molecular flexibility index (Phi) is 3.32. The molecule has 0 aliphatic rings. The molecule has 0 fully saturated rings. The summed E-state index contributed by atoms with van der Waals surface area (Å²) in [6, 6.07) is 15.5. The second-order valence-electron chi connectivity index (χ2n) is 4.52. The molecular formula is C16H12ClN3. The molecule has 98 valence electrons. The topological polar surface area (TPSA) is 51.6 Å². The number of anilines is 1. The Morgan fingerprint density at radius 1 is 1.20 bits per heavy atom. The number of halogens is 1. The number of aromatic nitrogens is 1. The molecule has 0 unspecified atom stereocenters. The standard InChI is InChI=1S/C16H12ClN3/c17-14-7-11(8-18)5-6-16(14)20-10-12-9-19-15-4-2-1-3-13(12)15/h1-7,9,19-20H,10H2. The Balaban J connectivity index is 1.81. The Bertz CT molecular complexity index is 799. The van der Waals surface area contributed by atoms with Gasteiger partial charge in [0.2, 0.25) is 0 Å². The van der Waals surface area contributed by atoms with E-state index in [1.807, 2.05) is 30.5 Å². The smallest absolute Gasteiger partial charge is 0.0992 e. The summed E-state index contributed by atoms with van der Waals surface area (Å²) < 4.78 is 0. The highest BCUT2D eigenvalue weighted by molar-refractivity contribution is 6.33. The van der Waals surface area contributed by atoms with E-state index in [1.54, 1.807) is 12.1 Å². The van der Waals surface area contributed by atoms with E-state index in [0.29, 0.717) is 17.1 Å². The molecule has 1 aromatic heterocycles. The molecule has 0 saturated carbocycles. The molecule has 0 amide bonds. The maximum Gasteiger partial charge on any atom is 0.0992 e. The second kappa shape index (κ2) is 5.28. The van der Waals surface area contributed by atoms with Gasteiger partial charge in [-0.2, -0.15) is 5.26 Å². The lowest BCUT2D eigenvalue weighted by Gasteiger charge is -2.08. The van der Waals surface area contributed by atoms with Gasteiger partial charge in [0.05, 0.1) is 22.3 Å². The van der Waals surface area contributed by atoms with Gasteiger partial charge in [0.15, 0.2) is 0 Å². The van der Waals surface area contributed by atoms with Crippen molar-refractivity contribution >= 4 is 28.2 Å². The normalized spacial score (nSPS) is 10.4. The van der Waals surface area contributed by atoms with E-state index in [2.05, 4.69) is 22.4 Å². The maximum atomic E-state index is 8.82. The van der Waals surface area contributed by atoms with Crippen molar-refractivity contribution in [1.82, 2.24) is 4.98 Å². The first-order valence-electron chi connectivity index (χ1n) is 6.26. The molecule has 3 rings (SSSR count). The van der Waals surface area contributed by atoms with E-state index < -0.39 is 0 Å². The summed E-state index contributed by atoms with van der Waals surface area (Å²) in [6.45, 7) is 0.676. The third-order valence-electron chi connectivity index (χ3n) is 3.24. The van der Waals surface area contributed by atoms with Crippen LogP contribution in [0.1, 0.15) is 11.1 Å². The minimum atomic E-state index is 0.559. The summed E-state index contributed by atoms with van der Waals surface area (Å²) in [5, 5.41) is 13.9. The molecule has 3 nitrogen and oxygen atoms in total. The number of hydrogen-bond donors (Lipinski definition) is 2. The Hall–Kier alpha value is -2.44. The minimum absolute atomic E-state index is 0.559. The van der Waals surface area contributed by atoms with E-state index >= 15 is 0 Å². The zero-order valence-corrected chi connectivity index (χ0v) is 11.4. The van der Waals surface area contributed by atoms with Crippen molar-refractivity contribution in [1.29, 1.82) is 5.26 Å². The Labute approximate surface area is 121 Å². The number of fused-ring (bicyclic) bond motifs is 1. The van der Waals surface area contributed by atoms with Gasteiger partial charge in [-0.3, -0.25) is 0 Å². The molecule has 0 bridgehead atoms. The predicted octanol–water partition coefficient (Wildman–Crippen LogP) is 4.31. The maximum absolute atomic E-state index is 8.82. The van der Waals surface area contributed by atoms with Gasteiger partial charge in [0.25, 0.3) is 0 Å².